The van der Waals surface area contributed by atoms with Crippen LogP contribution < -0.4 is 10.5 Å². The van der Waals surface area contributed by atoms with Crippen molar-refractivity contribution in [3.8, 4) is 5.75 Å². The lowest BCUT2D eigenvalue weighted by Crippen LogP contribution is -2.20. The summed E-state index contributed by atoms with van der Waals surface area (Å²) in [5.41, 5.74) is 8.89. The molecule has 2 N–H and O–H groups in total. The number of rotatable bonds is 6. The van der Waals surface area contributed by atoms with E-state index in [0.717, 1.165) is 31.7 Å². The highest BCUT2D eigenvalue weighted by atomic mass is 16.5. The van der Waals surface area contributed by atoms with Crippen LogP contribution in [-0.2, 0) is 11.8 Å². The molecule has 1 aliphatic rings. The highest BCUT2D eigenvalue weighted by molar-refractivity contribution is 5.41. The molecule has 0 aliphatic heterocycles. The zero-order valence-electron chi connectivity index (χ0n) is 13.5. The van der Waals surface area contributed by atoms with Gasteiger partial charge in [0.15, 0.2) is 0 Å². The Morgan fingerprint density at radius 1 is 1.25 bits per heavy atom. The molecule has 0 unspecified atom stereocenters. The molecule has 0 amide bonds. The number of nitrogens with two attached hydrogens (primary N) is 1. The average molecular weight is 275 g/mol. The summed E-state index contributed by atoms with van der Waals surface area (Å²) in [6.45, 7) is 10.5. The summed E-state index contributed by atoms with van der Waals surface area (Å²) in [5.74, 6) is 1.05. The molecule has 1 aromatic rings. The van der Waals surface area contributed by atoms with Gasteiger partial charge in [0.1, 0.15) is 5.75 Å². The first kappa shape index (κ1) is 15.4. The third-order valence-electron chi connectivity index (χ3n) is 4.43. The second kappa shape index (κ2) is 5.77. The van der Waals surface area contributed by atoms with Gasteiger partial charge in [0.25, 0.3) is 0 Å². The number of hydrogen-bond donors (Lipinski definition) is 1. The molecule has 0 saturated heterocycles. The standard InChI is InChI=1S/C18H29NO/c1-5-14-6-7-16(15(12-14)17(2,3)4)20-13-18(8-9-18)10-11-19/h6-7,12H,5,8-11,13,19H2,1-4H3. The summed E-state index contributed by atoms with van der Waals surface area (Å²) < 4.78 is 6.19. The molecule has 0 aromatic heterocycles. The van der Waals surface area contributed by atoms with E-state index in [0.29, 0.717) is 5.41 Å². The van der Waals surface area contributed by atoms with Crippen LogP contribution >= 0.6 is 0 Å². The molecule has 2 nitrogen and oxygen atoms in total. The monoisotopic (exact) mass is 275 g/mol. The van der Waals surface area contributed by atoms with Crippen LogP contribution in [0.4, 0.5) is 0 Å². The van der Waals surface area contributed by atoms with E-state index in [-0.39, 0.29) is 5.41 Å². The molecule has 0 radical (unpaired) electrons. The highest BCUT2D eigenvalue weighted by Gasteiger charge is 2.42. The van der Waals surface area contributed by atoms with Gasteiger partial charge in [-0.2, -0.15) is 0 Å². The summed E-state index contributed by atoms with van der Waals surface area (Å²) in [6, 6.07) is 6.64. The van der Waals surface area contributed by atoms with Gasteiger partial charge in [-0.15, -0.1) is 0 Å². The van der Waals surface area contributed by atoms with Gasteiger partial charge >= 0.3 is 0 Å². The van der Waals surface area contributed by atoms with Gasteiger partial charge in [-0.25, -0.2) is 0 Å². The zero-order valence-corrected chi connectivity index (χ0v) is 13.5. The first-order valence-electron chi connectivity index (χ1n) is 7.86. The molecule has 0 spiro atoms. The first-order valence-corrected chi connectivity index (χ1v) is 7.86. The van der Waals surface area contributed by atoms with Gasteiger partial charge in [-0.1, -0.05) is 39.8 Å². The van der Waals surface area contributed by atoms with E-state index in [1.54, 1.807) is 0 Å². The minimum Gasteiger partial charge on any atom is -0.493 e. The van der Waals surface area contributed by atoms with Gasteiger partial charge in [0.05, 0.1) is 6.61 Å². The molecule has 2 heteroatoms. The molecule has 20 heavy (non-hydrogen) atoms. The van der Waals surface area contributed by atoms with Crippen LogP contribution in [0, 0.1) is 5.41 Å². The fraction of sp³-hybridized carbons (Fsp3) is 0.667. The van der Waals surface area contributed by atoms with E-state index in [4.69, 9.17) is 10.5 Å². The number of benzene rings is 1. The van der Waals surface area contributed by atoms with Crippen LogP contribution in [0.5, 0.6) is 5.75 Å². The second-order valence-corrected chi connectivity index (χ2v) is 7.26. The van der Waals surface area contributed by atoms with Crippen LogP contribution in [0.1, 0.15) is 58.1 Å². The van der Waals surface area contributed by atoms with Gasteiger partial charge in [0, 0.05) is 5.41 Å². The molecule has 0 heterocycles. The average Bonchev–Trinajstić information content (AvgIpc) is 3.16. The fourth-order valence-electron chi connectivity index (χ4n) is 2.69. The topological polar surface area (TPSA) is 35.2 Å². The Kier molecular flexibility index (Phi) is 4.43. The molecular weight excluding hydrogens is 246 g/mol. The van der Waals surface area contributed by atoms with Crippen molar-refractivity contribution in [3.63, 3.8) is 0 Å². The Labute approximate surface area is 123 Å². The molecule has 0 atom stereocenters. The van der Waals surface area contributed by atoms with Crippen LogP contribution in [0.25, 0.3) is 0 Å². The summed E-state index contributed by atoms with van der Waals surface area (Å²) in [4.78, 5) is 0. The lowest BCUT2D eigenvalue weighted by Gasteiger charge is -2.25. The number of ether oxygens (including phenoxy) is 1. The summed E-state index contributed by atoms with van der Waals surface area (Å²) in [6.07, 6.45) is 4.69. The van der Waals surface area contributed by atoms with Crippen molar-refractivity contribution in [1.82, 2.24) is 0 Å². The fourth-order valence-corrected chi connectivity index (χ4v) is 2.69. The molecule has 112 valence electrons. The lowest BCUT2D eigenvalue weighted by molar-refractivity contribution is 0.222. The van der Waals surface area contributed by atoms with Gasteiger partial charge in [0.2, 0.25) is 0 Å². The maximum Gasteiger partial charge on any atom is 0.123 e. The van der Waals surface area contributed by atoms with E-state index in [1.807, 2.05) is 0 Å². The second-order valence-electron chi connectivity index (χ2n) is 7.26. The summed E-state index contributed by atoms with van der Waals surface area (Å²) in [5, 5.41) is 0. The molecule has 1 fully saturated rings. The third kappa shape index (κ3) is 3.54. The third-order valence-corrected chi connectivity index (χ3v) is 4.43. The minimum atomic E-state index is 0.116. The van der Waals surface area contributed by atoms with Gasteiger partial charge in [-0.05, 0) is 54.8 Å². The maximum atomic E-state index is 6.19. The first-order chi connectivity index (χ1) is 9.40. The van der Waals surface area contributed by atoms with E-state index in [1.165, 1.54) is 24.0 Å². The van der Waals surface area contributed by atoms with E-state index < -0.39 is 0 Å². The number of aryl methyl sites for hydroxylation is 1. The van der Waals surface area contributed by atoms with E-state index >= 15 is 0 Å². The van der Waals surface area contributed by atoms with Crippen molar-refractivity contribution in [1.29, 1.82) is 0 Å². The molecule has 0 bridgehead atoms. The highest BCUT2D eigenvalue weighted by Crippen LogP contribution is 2.49. The van der Waals surface area contributed by atoms with Crippen LogP contribution in [0.15, 0.2) is 18.2 Å². The Morgan fingerprint density at radius 2 is 1.95 bits per heavy atom. The van der Waals surface area contributed by atoms with Gasteiger partial charge in [-0.3, -0.25) is 0 Å². The Morgan fingerprint density at radius 3 is 2.45 bits per heavy atom. The van der Waals surface area contributed by atoms with Crippen LogP contribution in [-0.4, -0.2) is 13.2 Å². The van der Waals surface area contributed by atoms with Crippen LogP contribution in [0.2, 0.25) is 0 Å². The lowest BCUT2D eigenvalue weighted by atomic mass is 9.85. The van der Waals surface area contributed by atoms with Crippen molar-refractivity contribution in [3.05, 3.63) is 29.3 Å². The van der Waals surface area contributed by atoms with E-state index in [9.17, 15) is 0 Å². The Balaban J connectivity index is 2.14. The Bertz CT molecular complexity index is 455. The smallest absolute Gasteiger partial charge is 0.123 e. The predicted octanol–water partition coefficient (Wildman–Crippen LogP) is 4.05. The van der Waals surface area contributed by atoms with Crippen molar-refractivity contribution in [2.45, 2.75) is 58.8 Å². The summed E-state index contributed by atoms with van der Waals surface area (Å²) >= 11 is 0. The van der Waals surface area contributed by atoms with Crippen molar-refractivity contribution >= 4 is 0 Å². The largest absolute Gasteiger partial charge is 0.493 e. The molecule has 1 aliphatic carbocycles. The van der Waals surface area contributed by atoms with E-state index in [2.05, 4.69) is 45.9 Å². The minimum absolute atomic E-state index is 0.116. The molecule has 2 rings (SSSR count). The molecule has 1 aromatic carbocycles. The summed E-state index contributed by atoms with van der Waals surface area (Å²) in [7, 11) is 0. The number of hydrogen-bond acceptors (Lipinski definition) is 2. The van der Waals surface area contributed by atoms with Gasteiger partial charge < -0.3 is 10.5 Å². The zero-order chi connectivity index (χ0) is 14.8. The van der Waals surface area contributed by atoms with Crippen molar-refractivity contribution in [2.24, 2.45) is 11.1 Å². The molecule has 1 saturated carbocycles. The maximum absolute atomic E-state index is 6.19. The Hall–Kier alpha value is -1.02. The van der Waals surface area contributed by atoms with Crippen molar-refractivity contribution < 1.29 is 4.74 Å². The predicted molar refractivity (Wildman–Crippen MR) is 85.4 cm³/mol. The van der Waals surface area contributed by atoms with Crippen LogP contribution in [0.3, 0.4) is 0 Å². The SMILES string of the molecule is CCc1ccc(OCC2(CCN)CC2)c(C(C)(C)C)c1. The quantitative estimate of drug-likeness (QED) is 0.850. The molecular formula is C18H29NO. The van der Waals surface area contributed by atoms with Crippen molar-refractivity contribution in [2.75, 3.05) is 13.2 Å². The normalized spacial score (nSPS) is 17.1.